The van der Waals surface area contributed by atoms with Gasteiger partial charge in [-0.1, -0.05) is 55.6 Å². The smallest absolute Gasteiger partial charge is 0.338 e. The zero-order chi connectivity index (χ0) is 24.0. The molecule has 0 fully saturated rings. The highest BCUT2D eigenvalue weighted by atomic mass is 16.5. The van der Waals surface area contributed by atoms with Gasteiger partial charge in [0.15, 0.2) is 0 Å². The van der Waals surface area contributed by atoms with Gasteiger partial charge in [-0.2, -0.15) is 0 Å². The van der Waals surface area contributed by atoms with E-state index in [2.05, 4.69) is 13.2 Å². The number of hydrogen-bond acceptors (Lipinski definition) is 5. The lowest BCUT2D eigenvalue weighted by Crippen LogP contribution is -2.08. The molecule has 0 bridgehead atoms. The summed E-state index contributed by atoms with van der Waals surface area (Å²) in [6, 6.07) is 20.9. The molecule has 3 aromatic carbocycles. The molecule has 0 heterocycles. The van der Waals surface area contributed by atoms with Crippen molar-refractivity contribution < 1.29 is 23.8 Å². The lowest BCUT2D eigenvalue weighted by Gasteiger charge is -2.13. The van der Waals surface area contributed by atoms with Crippen molar-refractivity contribution in [2.45, 2.75) is 20.5 Å². The summed E-state index contributed by atoms with van der Waals surface area (Å²) in [7, 11) is 1.62. The van der Waals surface area contributed by atoms with E-state index in [0.29, 0.717) is 29.3 Å². The predicted octanol–water partition coefficient (Wildman–Crippen LogP) is 6.13. The van der Waals surface area contributed by atoms with Gasteiger partial charge < -0.3 is 14.2 Å². The third-order valence-corrected chi connectivity index (χ3v) is 4.88. The van der Waals surface area contributed by atoms with Gasteiger partial charge in [-0.05, 0) is 65.9 Å². The van der Waals surface area contributed by atoms with E-state index < -0.39 is 11.9 Å². The zero-order valence-electron chi connectivity index (χ0n) is 19.0. The van der Waals surface area contributed by atoms with Crippen LogP contribution in [-0.2, 0) is 20.9 Å². The molecule has 3 rings (SSSR count). The number of carbonyl (C=O) groups is 2. The molecule has 0 unspecified atom stereocenters. The summed E-state index contributed by atoms with van der Waals surface area (Å²) >= 11 is 0. The van der Waals surface area contributed by atoms with Crippen LogP contribution < -0.4 is 9.47 Å². The summed E-state index contributed by atoms with van der Waals surface area (Å²) in [4.78, 5) is 23.5. The normalized spacial score (nSPS) is 10.4. The number of ether oxygens (including phenoxy) is 3. The highest BCUT2D eigenvalue weighted by molar-refractivity contribution is 5.89. The molecular weight excluding hydrogens is 416 g/mol. The molecule has 5 heteroatoms. The molecule has 3 aromatic rings. The molecular formula is C28H26O5. The maximum absolute atomic E-state index is 11.8. The molecule has 0 saturated heterocycles. The first kappa shape index (κ1) is 23.7. The molecule has 0 amide bonds. The fourth-order valence-corrected chi connectivity index (χ4v) is 3.14. The average Bonchev–Trinajstić information content (AvgIpc) is 2.80. The fourth-order valence-electron chi connectivity index (χ4n) is 3.14. The molecule has 0 aliphatic carbocycles. The van der Waals surface area contributed by atoms with Gasteiger partial charge in [-0.15, -0.1) is 0 Å². The largest absolute Gasteiger partial charge is 0.423 e. The van der Waals surface area contributed by atoms with Gasteiger partial charge in [-0.25, -0.2) is 9.59 Å². The minimum absolute atomic E-state index is 0.338. The highest BCUT2D eigenvalue weighted by Crippen LogP contribution is 2.31. The Morgan fingerprint density at radius 3 is 1.67 bits per heavy atom. The van der Waals surface area contributed by atoms with E-state index in [1.54, 1.807) is 45.2 Å². The molecule has 5 nitrogen and oxygen atoms in total. The molecule has 168 valence electrons. The lowest BCUT2D eigenvalue weighted by molar-refractivity contribution is -0.130. The number of methoxy groups -OCH3 is 1. The van der Waals surface area contributed by atoms with E-state index in [4.69, 9.17) is 14.2 Å². The molecule has 0 aromatic heterocycles. The van der Waals surface area contributed by atoms with E-state index in [1.807, 2.05) is 42.5 Å². The zero-order valence-corrected chi connectivity index (χ0v) is 19.0. The first-order valence-electron chi connectivity index (χ1n) is 10.4. The van der Waals surface area contributed by atoms with Crippen molar-refractivity contribution in [1.82, 2.24) is 0 Å². The number of esters is 2. The molecule has 0 saturated carbocycles. The summed E-state index contributed by atoms with van der Waals surface area (Å²) in [6.45, 7) is 10.8. The Kier molecular flexibility index (Phi) is 7.59. The Bertz CT molecular complexity index is 1190. The molecule has 0 N–H and O–H groups in total. The quantitative estimate of drug-likeness (QED) is 0.239. The van der Waals surface area contributed by atoms with Crippen LogP contribution >= 0.6 is 0 Å². The predicted molar refractivity (Wildman–Crippen MR) is 129 cm³/mol. The second-order valence-corrected chi connectivity index (χ2v) is 7.69. The fraction of sp³-hybridized carbons (Fsp3) is 0.143. The van der Waals surface area contributed by atoms with Gasteiger partial charge in [0.1, 0.15) is 11.5 Å². The van der Waals surface area contributed by atoms with Gasteiger partial charge in [0.2, 0.25) is 0 Å². The Hall–Kier alpha value is -3.96. The molecule has 0 aliphatic rings. The number of benzene rings is 3. The standard InChI is InChI=1S/C28H26O5/c1-18(2)27(29)32-24-12-10-21(11-13-24)20-6-8-22(9-7-20)26-15-14-25(16-23(26)17-31-5)33-28(30)19(3)4/h6-16H,1,3,17H2,2,4-5H3. The molecule has 0 spiro atoms. The van der Waals surface area contributed by atoms with Gasteiger partial charge in [0, 0.05) is 18.3 Å². The van der Waals surface area contributed by atoms with Crippen LogP contribution in [0.5, 0.6) is 11.5 Å². The van der Waals surface area contributed by atoms with Crippen molar-refractivity contribution in [3.63, 3.8) is 0 Å². The number of hydrogen-bond donors (Lipinski definition) is 0. The maximum Gasteiger partial charge on any atom is 0.338 e. The van der Waals surface area contributed by atoms with Crippen molar-refractivity contribution in [3.8, 4) is 33.8 Å². The first-order valence-corrected chi connectivity index (χ1v) is 10.4. The molecule has 33 heavy (non-hydrogen) atoms. The topological polar surface area (TPSA) is 61.8 Å². The van der Waals surface area contributed by atoms with Gasteiger partial charge in [0.25, 0.3) is 0 Å². The van der Waals surface area contributed by atoms with Crippen molar-refractivity contribution in [3.05, 3.63) is 96.6 Å². The third-order valence-electron chi connectivity index (χ3n) is 4.88. The van der Waals surface area contributed by atoms with Crippen molar-refractivity contribution in [2.24, 2.45) is 0 Å². The van der Waals surface area contributed by atoms with Gasteiger partial charge in [-0.3, -0.25) is 0 Å². The van der Waals surface area contributed by atoms with E-state index in [9.17, 15) is 9.59 Å². The second-order valence-electron chi connectivity index (χ2n) is 7.69. The summed E-state index contributed by atoms with van der Waals surface area (Å²) in [5.74, 6) is 0.0122. The lowest BCUT2D eigenvalue weighted by atomic mass is 9.97. The van der Waals surface area contributed by atoms with Crippen LogP contribution in [0.1, 0.15) is 19.4 Å². The van der Waals surface area contributed by atoms with Crippen LogP contribution in [0.3, 0.4) is 0 Å². The Balaban J connectivity index is 1.81. The van der Waals surface area contributed by atoms with E-state index in [0.717, 1.165) is 27.8 Å². The van der Waals surface area contributed by atoms with E-state index in [-0.39, 0.29) is 0 Å². The second kappa shape index (κ2) is 10.6. The maximum atomic E-state index is 11.8. The van der Waals surface area contributed by atoms with Crippen molar-refractivity contribution in [2.75, 3.05) is 7.11 Å². The minimum atomic E-state index is -0.462. The van der Waals surface area contributed by atoms with E-state index in [1.165, 1.54) is 0 Å². The summed E-state index contributed by atoms with van der Waals surface area (Å²) in [5.41, 5.74) is 5.61. The highest BCUT2D eigenvalue weighted by Gasteiger charge is 2.11. The molecule has 0 aliphatic heterocycles. The Morgan fingerprint density at radius 2 is 1.15 bits per heavy atom. The number of carbonyl (C=O) groups excluding carboxylic acids is 2. The Morgan fingerprint density at radius 1 is 0.697 bits per heavy atom. The summed E-state index contributed by atoms with van der Waals surface area (Å²) in [6.07, 6.45) is 0. The van der Waals surface area contributed by atoms with Gasteiger partial charge >= 0.3 is 11.9 Å². The van der Waals surface area contributed by atoms with Crippen molar-refractivity contribution in [1.29, 1.82) is 0 Å². The van der Waals surface area contributed by atoms with Crippen LogP contribution in [0.4, 0.5) is 0 Å². The van der Waals surface area contributed by atoms with Crippen LogP contribution in [0.25, 0.3) is 22.3 Å². The monoisotopic (exact) mass is 442 g/mol. The van der Waals surface area contributed by atoms with Crippen LogP contribution in [0.15, 0.2) is 91.0 Å². The van der Waals surface area contributed by atoms with Crippen LogP contribution in [-0.4, -0.2) is 19.0 Å². The minimum Gasteiger partial charge on any atom is -0.423 e. The average molecular weight is 443 g/mol. The SMILES string of the molecule is C=C(C)C(=O)Oc1ccc(-c2ccc(-c3ccc(OC(=O)C(=C)C)cc3COC)cc2)cc1. The van der Waals surface area contributed by atoms with Crippen molar-refractivity contribution >= 4 is 11.9 Å². The van der Waals surface area contributed by atoms with Crippen LogP contribution in [0.2, 0.25) is 0 Å². The summed E-state index contributed by atoms with van der Waals surface area (Å²) < 4.78 is 15.9. The molecule has 0 radical (unpaired) electrons. The first-order chi connectivity index (χ1) is 15.8. The van der Waals surface area contributed by atoms with Crippen LogP contribution in [0, 0.1) is 0 Å². The molecule has 0 atom stereocenters. The third kappa shape index (κ3) is 6.05. The Labute approximate surface area is 193 Å². The summed E-state index contributed by atoms with van der Waals surface area (Å²) in [5, 5.41) is 0. The van der Waals surface area contributed by atoms with Gasteiger partial charge in [0.05, 0.1) is 6.61 Å². The van der Waals surface area contributed by atoms with E-state index >= 15 is 0 Å². The number of rotatable bonds is 8.